The predicted molar refractivity (Wildman–Crippen MR) is 145 cm³/mol. The van der Waals surface area contributed by atoms with E-state index in [0.717, 1.165) is 0 Å². The van der Waals surface area contributed by atoms with Crippen LogP contribution in [-0.2, 0) is 0 Å². The van der Waals surface area contributed by atoms with Crippen LogP contribution in [-0.4, -0.2) is 47.1 Å². The van der Waals surface area contributed by atoms with Gasteiger partial charge in [-0.05, 0) is 92.2 Å². The molecular weight excluding hydrogens is 364 g/mol. The molecule has 0 aromatic heterocycles. The molecule has 0 saturated heterocycles. The van der Waals surface area contributed by atoms with E-state index in [0.29, 0.717) is 34.7 Å². The first kappa shape index (κ1) is 37.2. The molecule has 2 nitrogen and oxygen atoms in total. The van der Waals surface area contributed by atoms with E-state index in [9.17, 15) is 0 Å². The van der Waals surface area contributed by atoms with E-state index in [1.165, 1.54) is 0 Å². The maximum Gasteiger partial charge on any atom is 0.0206 e. The lowest BCUT2D eigenvalue weighted by Gasteiger charge is -2.52. The van der Waals surface area contributed by atoms with E-state index < -0.39 is 0 Å². The second kappa shape index (κ2) is 12.8. The van der Waals surface area contributed by atoms with Crippen molar-refractivity contribution in [3.63, 3.8) is 0 Å². The molecule has 0 aliphatic carbocycles. The average Bonchev–Trinajstić information content (AvgIpc) is 2.52. The summed E-state index contributed by atoms with van der Waals surface area (Å²) in [5, 5.41) is 0. The lowest BCUT2D eigenvalue weighted by Crippen LogP contribution is -2.56. The minimum atomic E-state index is 0. The SMILES string of the molecule is C.C.CC(C)N(C)C(C)(C)C(C)(C)C(C)C.CC(C)N(C)C(C)(C)C(C)(C)C(C)C. The zero-order valence-corrected chi connectivity index (χ0v) is 23.2. The van der Waals surface area contributed by atoms with Crippen LogP contribution >= 0.6 is 0 Å². The van der Waals surface area contributed by atoms with E-state index in [-0.39, 0.29) is 25.9 Å². The number of rotatable bonds is 8. The molecule has 0 aromatic carbocycles. The summed E-state index contributed by atoms with van der Waals surface area (Å²) < 4.78 is 0. The maximum absolute atomic E-state index is 2.48. The van der Waals surface area contributed by atoms with Gasteiger partial charge < -0.3 is 0 Å². The Morgan fingerprint density at radius 1 is 0.433 bits per heavy atom. The van der Waals surface area contributed by atoms with E-state index in [4.69, 9.17) is 0 Å². The number of hydrogen-bond acceptors (Lipinski definition) is 2. The summed E-state index contributed by atoms with van der Waals surface area (Å²) in [4.78, 5) is 4.96. The summed E-state index contributed by atoms with van der Waals surface area (Å²) in [6.45, 7) is 37.2. The predicted octanol–water partition coefficient (Wildman–Crippen LogP) is 8.85. The van der Waals surface area contributed by atoms with Crippen LogP contribution in [0.3, 0.4) is 0 Å². The Bertz CT molecular complexity index is 398. The largest absolute Gasteiger partial charge is 0.298 e. The number of nitrogens with zero attached hydrogens (tertiary/aromatic N) is 2. The zero-order chi connectivity index (χ0) is 23.5. The van der Waals surface area contributed by atoms with Crippen molar-refractivity contribution in [2.45, 2.75) is 149 Å². The second-order valence-electron chi connectivity index (χ2n) is 12.3. The molecule has 0 radical (unpaired) electrons. The highest BCUT2D eigenvalue weighted by atomic mass is 15.2. The standard InChI is InChI=1S/2C13H29N.2CH4/c2*1-10(2)12(5,6)13(7,8)14(9)11(3)4;;/h2*10-11H,1-9H3;2*1H4. The molecule has 0 heterocycles. The van der Waals surface area contributed by atoms with E-state index in [1.54, 1.807) is 0 Å². The fraction of sp³-hybridized carbons (Fsp3) is 1.00. The van der Waals surface area contributed by atoms with Crippen LogP contribution in [0.4, 0.5) is 0 Å². The molecule has 0 N–H and O–H groups in total. The van der Waals surface area contributed by atoms with Gasteiger partial charge in [-0.2, -0.15) is 0 Å². The van der Waals surface area contributed by atoms with Crippen LogP contribution < -0.4 is 0 Å². The van der Waals surface area contributed by atoms with Gasteiger partial charge in [-0.1, -0.05) is 70.2 Å². The van der Waals surface area contributed by atoms with Crippen molar-refractivity contribution in [1.29, 1.82) is 0 Å². The summed E-state index contributed by atoms with van der Waals surface area (Å²) >= 11 is 0. The quantitative estimate of drug-likeness (QED) is 0.379. The smallest absolute Gasteiger partial charge is 0.0206 e. The Labute approximate surface area is 195 Å². The molecule has 188 valence electrons. The first-order chi connectivity index (χ1) is 12.1. The Morgan fingerprint density at radius 2 is 0.600 bits per heavy atom. The van der Waals surface area contributed by atoms with Gasteiger partial charge in [-0.3, -0.25) is 9.80 Å². The van der Waals surface area contributed by atoms with Crippen LogP contribution in [0, 0.1) is 22.7 Å². The molecule has 0 spiro atoms. The lowest BCUT2D eigenvalue weighted by molar-refractivity contribution is -0.0184. The minimum absolute atomic E-state index is 0. The van der Waals surface area contributed by atoms with Crippen LogP contribution in [0.1, 0.15) is 126 Å². The molecule has 0 unspecified atom stereocenters. The van der Waals surface area contributed by atoms with Gasteiger partial charge in [-0.25, -0.2) is 0 Å². The van der Waals surface area contributed by atoms with Crippen molar-refractivity contribution in [2.24, 2.45) is 22.7 Å². The third-order valence-corrected chi connectivity index (χ3v) is 9.35. The van der Waals surface area contributed by atoms with Crippen molar-refractivity contribution in [3.8, 4) is 0 Å². The van der Waals surface area contributed by atoms with Crippen molar-refractivity contribution in [2.75, 3.05) is 14.1 Å². The van der Waals surface area contributed by atoms with Gasteiger partial charge in [0.05, 0.1) is 0 Å². The average molecular weight is 431 g/mol. The zero-order valence-electron chi connectivity index (χ0n) is 23.2. The lowest BCUT2D eigenvalue weighted by atomic mass is 9.66. The molecule has 0 aliphatic rings. The molecule has 0 rings (SSSR count). The fourth-order valence-electron chi connectivity index (χ4n) is 3.61. The monoisotopic (exact) mass is 431 g/mol. The summed E-state index contributed by atoms with van der Waals surface area (Å²) in [6.07, 6.45) is 0. The molecule has 0 aromatic rings. The first-order valence-corrected chi connectivity index (χ1v) is 11.6. The number of hydrogen-bond donors (Lipinski definition) is 0. The Morgan fingerprint density at radius 3 is 0.700 bits per heavy atom. The molecule has 0 aliphatic heterocycles. The molecular formula is C28H66N2. The summed E-state index contributed by atoms with van der Waals surface area (Å²) in [6, 6.07) is 1.20. The molecule has 0 amide bonds. The molecule has 2 heteroatoms. The topological polar surface area (TPSA) is 6.48 Å². The molecule has 0 saturated carbocycles. The van der Waals surface area contributed by atoms with Crippen LogP contribution in [0.15, 0.2) is 0 Å². The van der Waals surface area contributed by atoms with Gasteiger partial charge >= 0.3 is 0 Å². The van der Waals surface area contributed by atoms with E-state index in [2.05, 4.69) is 135 Å². The Hall–Kier alpha value is -0.0800. The van der Waals surface area contributed by atoms with Crippen LogP contribution in [0.5, 0.6) is 0 Å². The first-order valence-electron chi connectivity index (χ1n) is 11.6. The highest BCUT2D eigenvalue weighted by Gasteiger charge is 2.43. The van der Waals surface area contributed by atoms with Gasteiger partial charge in [0.15, 0.2) is 0 Å². The molecule has 0 fully saturated rings. The summed E-state index contributed by atoms with van der Waals surface area (Å²) in [5.74, 6) is 1.39. The van der Waals surface area contributed by atoms with Crippen molar-refractivity contribution in [3.05, 3.63) is 0 Å². The fourth-order valence-corrected chi connectivity index (χ4v) is 3.61. The van der Waals surface area contributed by atoms with Gasteiger partial charge in [0, 0.05) is 23.2 Å². The third kappa shape index (κ3) is 8.12. The highest BCUT2D eigenvalue weighted by Crippen LogP contribution is 2.42. The molecule has 30 heavy (non-hydrogen) atoms. The van der Waals surface area contributed by atoms with Crippen molar-refractivity contribution < 1.29 is 0 Å². The van der Waals surface area contributed by atoms with Gasteiger partial charge in [0.2, 0.25) is 0 Å². The minimum Gasteiger partial charge on any atom is -0.298 e. The Kier molecular flexibility index (Phi) is 15.9. The highest BCUT2D eigenvalue weighted by molar-refractivity contribution is 4.97. The second-order valence-corrected chi connectivity index (χ2v) is 12.3. The Balaban J connectivity index is -0.000000211. The molecule has 0 atom stereocenters. The van der Waals surface area contributed by atoms with Crippen LogP contribution in [0.2, 0.25) is 0 Å². The third-order valence-electron chi connectivity index (χ3n) is 9.35. The van der Waals surface area contributed by atoms with Crippen LogP contribution in [0.25, 0.3) is 0 Å². The van der Waals surface area contributed by atoms with Gasteiger partial charge in [-0.15, -0.1) is 0 Å². The van der Waals surface area contributed by atoms with Gasteiger partial charge in [0.25, 0.3) is 0 Å². The van der Waals surface area contributed by atoms with Crippen molar-refractivity contribution >= 4 is 0 Å². The van der Waals surface area contributed by atoms with Gasteiger partial charge in [0.1, 0.15) is 0 Å². The normalized spacial score (nSPS) is 13.6. The maximum atomic E-state index is 2.48. The summed E-state index contributed by atoms with van der Waals surface area (Å²) in [5.41, 5.74) is 1.11. The van der Waals surface area contributed by atoms with E-state index >= 15 is 0 Å². The molecule has 0 bridgehead atoms. The van der Waals surface area contributed by atoms with E-state index in [1.807, 2.05) is 0 Å². The van der Waals surface area contributed by atoms with Crippen molar-refractivity contribution in [1.82, 2.24) is 9.80 Å². The summed E-state index contributed by atoms with van der Waals surface area (Å²) in [7, 11) is 4.46.